The molecular formula is C24H33N7O6. The first-order valence-electron chi connectivity index (χ1n) is 12.2. The molecule has 1 aromatic heterocycles. The summed E-state index contributed by atoms with van der Waals surface area (Å²) in [4.78, 5) is 83.9. The smallest absolute Gasteiger partial charge is 0.289 e. The largest absolute Gasteiger partial charge is 0.347 e. The van der Waals surface area contributed by atoms with Crippen LogP contribution in [0.2, 0.25) is 0 Å². The van der Waals surface area contributed by atoms with Gasteiger partial charge in [-0.15, -0.1) is 0 Å². The summed E-state index contributed by atoms with van der Waals surface area (Å²) in [5.41, 5.74) is -0.657. The van der Waals surface area contributed by atoms with Crippen LogP contribution in [0.5, 0.6) is 0 Å². The van der Waals surface area contributed by atoms with Crippen LogP contribution >= 0.6 is 0 Å². The molecule has 2 aliphatic rings. The molecule has 0 bridgehead atoms. The minimum absolute atomic E-state index is 0.0278. The molecule has 3 rings (SSSR count). The summed E-state index contributed by atoms with van der Waals surface area (Å²) in [6.07, 6.45) is 6.66. The van der Waals surface area contributed by atoms with Gasteiger partial charge in [0.25, 0.3) is 11.8 Å². The Labute approximate surface area is 214 Å². The number of nitrogens with zero attached hydrogens (tertiary/aromatic N) is 3. The van der Waals surface area contributed by atoms with E-state index in [2.05, 4.69) is 31.2 Å². The first-order valence-corrected chi connectivity index (χ1v) is 12.2. The van der Waals surface area contributed by atoms with Crippen molar-refractivity contribution in [3.8, 4) is 0 Å². The molecule has 5 amide bonds. The van der Waals surface area contributed by atoms with E-state index in [4.69, 9.17) is 0 Å². The van der Waals surface area contributed by atoms with E-state index >= 15 is 0 Å². The Morgan fingerprint density at radius 1 is 1.03 bits per heavy atom. The van der Waals surface area contributed by atoms with Crippen molar-refractivity contribution in [3.63, 3.8) is 0 Å². The van der Waals surface area contributed by atoms with Crippen LogP contribution in [0.15, 0.2) is 18.6 Å². The topological polar surface area (TPSA) is 180 Å². The van der Waals surface area contributed by atoms with Crippen LogP contribution in [0.1, 0.15) is 56.9 Å². The van der Waals surface area contributed by atoms with Crippen LogP contribution in [0.25, 0.3) is 0 Å². The number of ketones is 1. The highest BCUT2D eigenvalue weighted by molar-refractivity contribution is 6.37. The average molecular weight is 516 g/mol. The first kappa shape index (κ1) is 27.7. The second-order valence-electron chi connectivity index (χ2n) is 10.2. The van der Waals surface area contributed by atoms with Crippen LogP contribution < -0.4 is 21.3 Å². The van der Waals surface area contributed by atoms with Crippen molar-refractivity contribution in [2.75, 3.05) is 19.6 Å². The number of rotatable bonds is 10. The van der Waals surface area contributed by atoms with Crippen molar-refractivity contribution in [3.05, 3.63) is 24.3 Å². The van der Waals surface area contributed by atoms with E-state index in [0.717, 1.165) is 12.8 Å². The number of hydrogen-bond acceptors (Lipinski definition) is 8. The zero-order valence-electron chi connectivity index (χ0n) is 21.2. The van der Waals surface area contributed by atoms with Gasteiger partial charge in [0, 0.05) is 25.0 Å². The molecule has 2 atom stereocenters. The van der Waals surface area contributed by atoms with Gasteiger partial charge >= 0.3 is 0 Å². The Morgan fingerprint density at radius 2 is 1.76 bits per heavy atom. The summed E-state index contributed by atoms with van der Waals surface area (Å²) in [5, 5.41) is 10.1. The predicted molar refractivity (Wildman–Crippen MR) is 130 cm³/mol. The van der Waals surface area contributed by atoms with Crippen molar-refractivity contribution >= 4 is 35.3 Å². The first-order chi connectivity index (χ1) is 17.5. The fourth-order valence-electron chi connectivity index (χ4n) is 3.86. The molecule has 1 saturated carbocycles. The van der Waals surface area contributed by atoms with Crippen LogP contribution in [-0.4, -0.2) is 87.9 Å². The van der Waals surface area contributed by atoms with E-state index in [0.29, 0.717) is 19.4 Å². The molecule has 1 aromatic rings. The lowest BCUT2D eigenvalue weighted by Gasteiger charge is -2.35. The van der Waals surface area contributed by atoms with Gasteiger partial charge < -0.3 is 26.2 Å². The molecule has 4 N–H and O–H groups in total. The summed E-state index contributed by atoms with van der Waals surface area (Å²) in [6.45, 7) is 4.78. The zero-order valence-corrected chi connectivity index (χ0v) is 21.2. The number of nitrogens with one attached hydrogen (secondary N) is 4. The Morgan fingerprint density at radius 3 is 2.38 bits per heavy atom. The summed E-state index contributed by atoms with van der Waals surface area (Å²) in [7, 11) is 0. The zero-order chi connectivity index (χ0) is 27.2. The summed E-state index contributed by atoms with van der Waals surface area (Å²) < 4.78 is 0. The van der Waals surface area contributed by atoms with Crippen LogP contribution in [-0.2, 0) is 24.0 Å². The monoisotopic (exact) mass is 515 g/mol. The van der Waals surface area contributed by atoms with Gasteiger partial charge in [-0.25, -0.2) is 4.98 Å². The van der Waals surface area contributed by atoms with Crippen molar-refractivity contribution in [2.45, 2.75) is 64.6 Å². The van der Waals surface area contributed by atoms with Gasteiger partial charge in [-0.1, -0.05) is 20.8 Å². The van der Waals surface area contributed by atoms with Gasteiger partial charge in [0.15, 0.2) is 0 Å². The van der Waals surface area contributed by atoms with E-state index in [1.54, 1.807) is 20.8 Å². The Kier molecular flexibility index (Phi) is 8.90. The molecule has 37 heavy (non-hydrogen) atoms. The fourth-order valence-corrected chi connectivity index (χ4v) is 3.86. The summed E-state index contributed by atoms with van der Waals surface area (Å²) in [6, 6.07) is -1.78. The number of aromatic nitrogens is 2. The molecule has 1 saturated heterocycles. The highest BCUT2D eigenvalue weighted by Crippen LogP contribution is 2.26. The molecule has 2 heterocycles. The van der Waals surface area contributed by atoms with E-state index in [1.807, 2.05) is 0 Å². The van der Waals surface area contributed by atoms with Crippen LogP contribution in [0.3, 0.4) is 0 Å². The standard InChI is InChI=1S/C24H33N7O6/c1-24(2,3)19(30-18(33)13-28-20(34)15-11-25-8-9-26-15)23(37)31-10-4-5-16(31)21(35)27-12-17(32)22(36)29-14-6-7-14/h8-9,11,14,16,19H,4-7,10,12-13H2,1-3H3,(H,27,35)(H,28,34)(H,29,36)(H,30,33)/t16-,19?/m0/s1. The molecule has 200 valence electrons. The lowest BCUT2D eigenvalue weighted by atomic mass is 9.85. The van der Waals surface area contributed by atoms with Crippen molar-refractivity contribution in [1.82, 2.24) is 36.1 Å². The number of carbonyl (C=O) groups excluding carboxylic acids is 6. The van der Waals surface area contributed by atoms with Gasteiger partial charge in [0.05, 0.1) is 19.3 Å². The number of carbonyl (C=O) groups is 6. The number of amides is 5. The average Bonchev–Trinajstić information content (AvgIpc) is 3.54. The Bertz CT molecular complexity index is 1050. The van der Waals surface area contributed by atoms with Crippen molar-refractivity contribution < 1.29 is 28.8 Å². The van der Waals surface area contributed by atoms with Crippen LogP contribution in [0, 0.1) is 5.41 Å². The van der Waals surface area contributed by atoms with Crippen LogP contribution in [0.4, 0.5) is 0 Å². The predicted octanol–water partition coefficient (Wildman–Crippen LogP) is -1.31. The van der Waals surface area contributed by atoms with E-state index in [9.17, 15) is 28.8 Å². The molecule has 1 aliphatic carbocycles. The van der Waals surface area contributed by atoms with Gasteiger partial charge in [-0.3, -0.25) is 33.8 Å². The third-order valence-electron chi connectivity index (χ3n) is 6.05. The molecule has 1 unspecified atom stereocenters. The van der Waals surface area contributed by atoms with Gasteiger partial charge in [0.2, 0.25) is 23.5 Å². The Balaban J connectivity index is 1.56. The van der Waals surface area contributed by atoms with Gasteiger partial charge in [-0.05, 0) is 31.1 Å². The summed E-state index contributed by atoms with van der Waals surface area (Å²) >= 11 is 0. The maximum Gasteiger partial charge on any atom is 0.289 e. The van der Waals surface area contributed by atoms with E-state index < -0.39 is 59.4 Å². The third-order valence-corrected chi connectivity index (χ3v) is 6.05. The normalized spacial score (nSPS) is 17.9. The molecule has 13 nitrogen and oxygen atoms in total. The molecule has 2 fully saturated rings. The molecule has 0 spiro atoms. The van der Waals surface area contributed by atoms with Gasteiger partial charge in [-0.2, -0.15) is 0 Å². The van der Waals surface area contributed by atoms with Gasteiger partial charge in [0.1, 0.15) is 17.8 Å². The third kappa shape index (κ3) is 7.79. The fraction of sp³-hybridized carbons (Fsp3) is 0.583. The maximum atomic E-state index is 13.5. The highest BCUT2D eigenvalue weighted by Gasteiger charge is 2.42. The molecule has 1 aliphatic heterocycles. The SMILES string of the molecule is CC(C)(C)C(NC(=O)CNC(=O)c1cnccn1)C(=O)N1CCC[C@H]1C(=O)NCC(=O)C(=O)NC1CC1. The number of hydrogen-bond donors (Lipinski definition) is 4. The minimum Gasteiger partial charge on any atom is -0.347 e. The van der Waals surface area contributed by atoms with E-state index in [-0.39, 0.29) is 18.3 Å². The maximum absolute atomic E-state index is 13.5. The summed E-state index contributed by atoms with van der Waals surface area (Å²) in [5.74, 6) is -3.63. The number of likely N-dealkylation sites (tertiary alicyclic amines) is 1. The minimum atomic E-state index is -0.979. The molecule has 0 aromatic carbocycles. The molecular weight excluding hydrogens is 482 g/mol. The quantitative estimate of drug-likeness (QED) is 0.277. The second-order valence-corrected chi connectivity index (χ2v) is 10.2. The van der Waals surface area contributed by atoms with E-state index in [1.165, 1.54) is 23.5 Å². The Hall–Kier alpha value is -3.90. The lowest BCUT2D eigenvalue weighted by molar-refractivity contribution is -0.144. The number of Topliss-reactive ketones (excluding diaryl/α,β-unsaturated/α-hetero) is 1. The second kappa shape index (κ2) is 11.9. The highest BCUT2D eigenvalue weighted by atomic mass is 16.2. The van der Waals surface area contributed by atoms with Crippen molar-refractivity contribution in [2.24, 2.45) is 5.41 Å². The van der Waals surface area contributed by atoms with Crippen molar-refractivity contribution in [1.29, 1.82) is 0 Å². The molecule has 0 radical (unpaired) electrons. The lowest BCUT2D eigenvalue weighted by Crippen LogP contribution is -2.58. The molecule has 13 heteroatoms.